The molecule has 2 aromatic heterocycles. The van der Waals surface area contributed by atoms with Gasteiger partial charge < -0.3 is 5.32 Å². The lowest BCUT2D eigenvalue weighted by molar-refractivity contribution is 1.25. The molecule has 0 atom stereocenters. The van der Waals surface area contributed by atoms with Crippen LogP contribution >= 0.6 is 0 Å². The van der Waals surface area contributed by atoms with Gasteiger partial charge in [0.25, 0.3) is 0 Å². The second-order valence-electron chi connectivity index (χ2n) is 3.83. The molecule has 1 aromatic carbocycles. The van der Waals surface area contributed by atoms with E-state index in [1.807, 2.05) is 42.5 Å². The summed E-state index contributed by atoms with van der Waals surface area (Å²) in [7, 11) is 5.59. The second-order valence-corrected chi connectivity index (χ2v) is 3.83. The molecule has 5 heteroatoms. The fourth-order valence-electron chi connectivity index (χ4n) is 1.65. The molecule has 3 aromatic rings. The van der Waals surface area contributed by atoms with Gasteiger partial charge in [0.1, 0.15) is 19.2 Å². The Morgan fingerprint density at radius 2 is 1.78 bits per heavy atom. The highest BCUT2D eigenvalue weighted by molar-refractivity contribution is 6.30. The minimum Gasteiger partial charge on any atom is -0.340 e. The zero-order valence-corrected chi connectivity index (χ0v) is 9.54. The van der Waals surface area contributed by atoms with Gasteiger partial charge in [-0.05, 0) is 24.3 Å². The van der Waals surface area contributed by atoms with Crippen molar-refractivity contribution in [3.8, 4) is 0 Å². The third-order valence-corrected chi connectivity index (χ3v) is 2.47. The molecule has 0 fully saturated rings. The molecule has 18 heavy (non-hydrogen) atoms. The van der Waals surface area contributed by atoms with Gasteiger partial charge >= 0.3 is 0 Å². The average Bonchev–Trinajstić information content (AvgIpc) is 2.39. The standard InChI is InChI=1S/C13H9BN4/c14-11-8-15-10-6-7-12(18-13(10)17-11)16-9-4-2-1-3-5-9/h1-8H,(H,16,17,18). The Bertz CT molecular complexity index is 685. The molecule has 0 amide bonds. The highest BCUT2D eigenvalue weighted by Crippen LogP contribution is 2.15. The highest BCUT2D eigenvalue weighted by Gasteiger charge is 2.01. The summed E-state index contributed by atoms with van der Waals surface area (Å²) >= 11 is 0. The van der Waals surface area contributed by atoms with Gasteiger partial charge in [-0.1, -0.05) is 18.2 Å². The van der Waals surface area contributed by atoms with E-state index in [0.29, 0.717) is 17.1 Å². The number of aromatic nitrogens is 3. The number of rotatable bonds is 2. The summed E-state index contributed by atoms with van der Waals surface area (Å²) in [5, 5.41) is 3.20. The van der Waals surface area contributed by atoms with E-state index in [-0.39, 0.29) is 0 Å². The van der Waals surface area contributed by atoms with Gasteiger partial charge in [0, 0.05) is 17.5 Å². The Labute approximate surface area is 106 Å². The molecule has 2 radical (unpaired) electrons. The molecule has 0 saturated heterocycles. The van der Waals surface area contributed by atoms with Gasteiger partial charge in [-0.15, -0.1) is 0 Å². The molecule has 84 valence electrons. The Kier molecular flexibility index (Phi) is 2.65. The summed E-state index contributed by atoms with van der Waals surface area (Å²) in [4.78, 5) is 12.7. The second kappa shape index (κ2) is 4.45. The van der Waals surface area contributed by atoms with E-state index in [1.165, 1.54) is 6.20 Å². The zero-order valence-electron chi connectivity index (χ0n) is 9.54. The van der Waals surface area contributed by atoms with Gasteiger partial charge in [-0.25, -0.2) is 9.97 Å². The van der Waals surface area contributed by atoms with E-state index >= 15 is 0 Å². The maximum atomic E-state index is 5.59. The van der Waals surface area contributed by atoms with Crippen molar-refractivity contribution in [3.63, 3.8) is 0 Å². The van der Waals surface area contributed by atoms with Gasteiger partial charge in [-0.3, -0.25) is 4.98 Å². The number of benzene rings is 1. The predicted molar refractivity (Wildman–Crippen MR) is 72.4 cm³/mol. The number of nitrogens with one attached hydrogen (secondary N) is 1. The molecule has 0 aliphatic carbocycles. The number of anilines is 2. The number of hydrogen-bond acceptors (Lipinski definition) is 4. The van der Waals surface area contributed by atoms with Gasteiger partial charge in [0.2, 0.25) is 0 Å². The summed E-state index contributed by atoms with van der Waals surface area (Å²) in [6.07, 6.45) is 1.52. The summed E-state index contributed by atoms with van der Waals surface area (Å²) in [6.45, 7) is 0. The van der Waals surface area contributed by atoms with E-state index in [1.54, 1.807) is 0 Å². The number of hydrogen-bond donors (Lipinski definition) is 1. The van der Waals surface area contributed by atoms with E-state index in [4.69, 9.17) is 7.85 Å². The molecular weight excluding hydrogens is 223 g/mol. The van der Waals surface area contributed by atoms with Crippen molar-refractivity contribution in [3.05, 3.63) is 48.7 Å². The van der Waals surface area contributed by atoms with Crippen molar-refractivity contribution in [2.24, 2.45) is 0 Å². The summed E-state index contributed by atoms with van der Waals surface area (Å²) in [5.74, 6) is 0.716. The quantitative estimate of drug-likeness (QED) is 0.681. The molecular formula is C13H9BN4. The minimum atomic E-state index is 0.367. The van der Waals surface area contributed by atoms with Crippen molar-refractivity contribution in [1.82, 2.24) is 15.0 Å². The van der Waals surface area contributed by atoms with Crippen LogP contribution in [0.3, 0.4) is 0 Å². The monoisotopic (exact) mass is 232 g/mol. The Morgan fingerprint density at radius 3 is 2.61 bits per heavy atom. The third kappa shape index (κ3) is 2.15. The SMILES string of the molecule is [B]c1cnc2ccc(Nc3ccccc3)nc2n1. The fourth-order valence-corrected chi connectivity index (χ4v) is 1.65. The highest BCUT2D eigenvalue weighted by atomic mass is 15.0. The molecule has 0 unspecified atom stereocenters. The number of para-hydroxylation sites is 1. The molecule has 0 spiro atoms. The smallest absolute Gasteiger partial charge is 0.179 e. The van der Waals surface area contributed by atoms with Gasteiger partial charge in [0.15, 0.2) is 5.65 Å². The van der Waals surface area contributed by atoms with Crippen molar-refractivity contribution < 1.29 is 0 Å². The molecule has 4 nitrogen and oxygen atoms in total. The Balaban J connectivity index is 1.98. The fraction of sp³-hybridized carbons (Fsp3) is 0. The summed E-state index contributed by atoms with van der Waals surface area (Å²) in [6, 6.07) is 13.5. The lowest BCUT2D eigenvalue weighted by Crippen LogP contribution is -2.09. The summed E-state index contributed by atoms with van der Waals surface area (Å²) < 4.78 is 0. The normalized spacial score (nSPS) is 10.4. The number of nitrogens with zero attached hydrogens (tertiary/aromatic N) is 3. The topological polar surface area (TPSA) is 50.7 Å². The van der Waals surface area contributed by atoms with E-state index < -0.39 is 0 Å². The van der Waals surface area contributed by atoms with Crippen LogP contribution in [0.25, 0.3) is 11.2 Å². The third-order valence-electron chi connectivity index (χ3n) is 2.47. The maximum Gasteiger partial charge on any atom is 0.179 e. The molecule has 1 N–H and O–H groups in total. The lowest BCUT2D eigenvalue weighted by Gasteiger charge is -2.06. The van der Waals surface area contributed by atoms with E-state index in [2.05, 4.69) is 20.3 Å². The van der Waals surface area contributed by atoms with Crippen molar-refractivity contribution in [2.75, 3.05) is 5.32 Å². The zero-order chi connectivity index (χ0) is 12.4. The first-order valence-electron chi connectivity index (χ1n) is 5.52. The number of fused-ring (bicyclic) bond motifs is 1. The van der Waals surface area contributed by atoms with Crippen molar-refractivity contribution in [2.45, 2.75) is 0 Å². The number of pyridine rings is 1. The van der Waals surface area contributed by atoms with Crippen molar-refractivity contribution >= 4 is 36.1 Å². The maximum absolute atomic E-state index is 5.59. The Hall–Kier alpha value is -2.43. The van der Waals surface area contributed by atoms with Crippen LogP contribution in [-0.2, 0) is 0 Å². The van der Waals surface area contributed by atoms with Crippen LogP contribution in [0.2, 0.25) is 0 Å². The van der Waals surface area contributed by atoms with Crippen LogP contribution in [0.15, 0.2) is 48.7 Å². The van der Waals surface area contributed by atoms with Crippen molar-refractivity contribution in [1.29, 1.82) is 0 Å². The molecule has 2 heterocycles. The first-order valence-corrected chi connectivity index (χ1v) is 5.52. The molecule has 0 aliphatic heterocycles. The minimum absolute atomic E-state index is 0.367. The first kappa shape index (κ1) is 10.7. The van der Waals surface area contributed by atoms with E-state index in [0.717, 1.165) is 11.2 Å². The molecule has 0 aliphatic rings. The molecule has 0 saturated carbocycles. The van der Waals surface area contributed by atoms with Crippen LogP contribution < -0.4 is 10.9 Å². The van der Waals surface area contributed by atoms with Gasteiger partial charge in [0.05, 0.1) is 0 Å². The van der Waals surface area contributed by atoms with Gasteiger partial charge in [-0.2, -0.15) is 0 Å². The predicted octanol–water partition coefficient (Wildman–Crippen LogP) is 1.56. The van der Waals surface area contributed by atoms with Crippen LogP contribution in [0.1, 0.15) is 0 Å². The molecule has 0 bridgehead atoms. The van der Waals surface area contributed by atoms with E-state index in [9.17, 15) is 0 Å². The Morgan fingerprint density at radius 1 is 0.944 bits per heavy atom. The van der Waals surface area contributed by atoms with Crippen LogP contribution in [0.5, 0.6) is 0 Å². The summed E-state index contributed by atoms with van der Waals surface area (Å²) in [5.41, 5.74) is 2.60. The largest absolute Gasteiger partial charge is 0.340 e. The van der Waals surface area contributed by atoms with Crippen LogP contribution in [0, 0.1) is 0 Å². The molecule has 3 rings (SSSR count). The van der Waals surface area contributed by atoms with Crippen LogP contribution in [0.4, 0.5) is 11.5 Å². The lowest BCUT2D eigenvalue weighted by atomic mass is 10.1. The average molecular weight is 232 g/mol. The van der Waals surface area contributed by atoms with Crippen LogP contribution in [-0.4, -0.2) is 22.8 Å². The first-order chi connectivity index (χ1) is 8.81.